The minimum Gasteiger partial charge on any atom is -0.438 e. The van der Waals surface area contributed by atoms with Gasteiger partial charge in [-0.2, -0.15) is 0 Å². The Morgan fingerprint density at radius 2 is 2.07 bits per heavy atom. The standard InChI is InChI=1S/C22H21BrN2O3S/c1-29-18-7-5-16(6-8-18)25-22-19(21(26)24-13-17-3-2-10-27-17)12-14-11-15(23)4-9-20(14)28-22/h4-9,11-12,17H,2-3,10,13H2,1H3,(H,24,26)/t17-/m1/s1. The molecule has 29 heavy (non-hydrogen) atoms. The first kappa shape index (κ1) is 20.2. The Labute approximate surface area is 181 Å². The predicted octanol–water partition coefficient (Wildman–Crippen LogP) is 5.06. The molecule has 7 heteroatoms. The van der Waals surface area contributed by atoms with Crippen molar-refractivity contribution < 1.29 is 13.9 Å². The maximum Gasteiger partial charge on any atom is 0.256 e. The summed E-state index contributed by atoms with van der Waals surface area (Å²) in [5.74, 6) is -0.217. The van der Waals surface area contributed by atoms with Crippen molar-refractivity contribution in [1.29, 1.82) is 0 Å². The summed E-state index contributed by atoms with van der Waals surface area (Å²) in [5, 5.41) is 3.80. The van der Waals surface area contributed by atoms with Crippen LogP contribution in [0.2, 0.25) is 0 Å². The average Bonchev–Trinajstić information content (AvgIpc) is 3.26. The van der Waals surface area contributed by atoms with Crippen molar-refractivity contribution in [2.45, 2.75) is 23.8 Å². The van der Waals surface area contributed by atoms with E-state index in [1.54, 1.807) is 11.8 Å². The first-order valence-corrected chi connectivity index (χ1v) is 11.5. The SMILES string of the molecule is CSc1ccc(N=c2oc3ccc(Br)cc3cc2C(=O)NC[C@H]2CCCO2)cc1. The zero-order valence-corrected chi connectivity index (χ0v) is 18.4. The maximum atomic E-state index is 12.9. The average molecular weight is 473 g/mol. The topological polar surface area (TPSA) is 63.8 Å². The van der Waals surface area contributed by atoms with Gasteiger partial charge >= 0.3 is 0 Å². The molecule has 1 aromatic heterocycles. The van der Waals surface area contributed by atoms with Gasteiger partial charge < -0.3 is 14.5 Å². The lowest BCUT2D eigenvalue weighted by atomic mass is 10.1. The molecular formula is C22H21BrN2O3S. The molecule has 1 fully saturated rings. The number of rotatable bonds is 5. The highest BCUT2D eigenvalue weighted by Gasteiger charge is 2.18. The van der Waals surface area contributed by atoms with Gasteiger partial charge in [0, 0.05) is 27.9 Å². The van der Waals surface area contributed by atoms with Crippen LogP contribution in [0.15, 0.2) is 67.3 Å². The lowest BCUT2D eigenvalue weighted by molar-refractivity contribution is 0.0854. The molecule has 1 N–H and O–H groups in total. The van der Waals surface area contributed by atoms with Crippen LogP contribution in [0.3, 0.4) is 0 Å². The van der Waals surface area contributed by atoms with Gasteiger partial charge in [0.25, 0.3) is 5.91 Å². The zero-order chi connectivity index (χ0) is 20.2. The van der Waals surface area contributed by atoms with Gasteiger partial charge in [-0.1, -0.05) is 15.9 Å². The summed E-state index contributed by atoms with van der Waals surface area (Å²) in [4.78, 5) is 18.7. The van der Waals surface area contributed by atoms with Crippen LogP contribution in [-0.2, 0) is 4.74 Å². The largest absolute Gasteiger partial charge is 0.438 e. The van der Waals surface area contributed by atoms with Crippen molar-refractivity contribution >= 4 is 50.3 Å². The van der Waals surface area contributed by atoms with Crippen molar-refractivity contribution in [3.63, 3.8) is 0 Å². The van der Waals surface area contributed by atoms with E-state index >= 15 is 0 Å². The molecule has 1 aliphatic heterocycles. The number of nitrogens with zero attached hydrogens (tertiary/aromatic N) is 1. The van der Waals surface area contributed by atoms with E-state index < -0.39 is 0 Å². The van der Waals surface area contributed by atoms with Gasteiger partial charge in [0.2, 0.25) is 5.55 Å². The van der Waals surface area contributed by atoms with Crippen LogP contribution in [0, 0.1) is 0 Å². The van der Waals surface area contributed by atoms with Crippen LogP contribution >= 0.6 is 27.7 Å². The quantitative estimate of drug-likeness (QED) is 0.527. The number of hydrogen-bond donors (Lipinski definition) is 1. The van der Waals surface area contributed by atoms with E-state index in [0.717, 1.165) is 39.9 Å². The van der Waals surface area contributed by atoms with Crippen LogP contribution in [-0.4, -0.2) is 31.4 Å². The fourth-order valence-corrected chi connectivity index (χ4v) is 4.02. The molecule has 1 amide bonds. The molecule has 2 heterocycles. The minimum absolute atomic E-state index is 0.0740. The van der Waals surface area contributed by atoms with Crippen LogP contribution in [0.4, 0.5) is 5.69 Å². The molecule has 0 unspecified atom stereocenters. The fourth-order valence-electron chi connectivity index (χ4n) is 3.23. The van der Waals surface area contributed by atoms with Gasteiger partial charge in [-0.3, -0.25) is 4.79 Å². The Bertz CT molecular complexity index is 1090. The highest BCUT2D eigenvalue weighted by molar-refractivity contribution is 9.10. The van der Waals surface area contributed by atoms with Gasteiger partial charge in [0.05, 0.1) is 11.8 Å². The highest BCUT2D eigenvalue weighted by Crippen LogP contribution is 2.22. The van der Waals surface area contributed by atoms with E-state index in [1.807, 2.05) is 54.8 Å². The Kier molecular flexibility index (Phi) is 6.37. The summed E-state index contributed by atoms with van der Waals surface area (Å²) >= 11 is 5.14. The molecule has 1 saturated heterocycles. The number of amides is 1. The first-order valence-electron chi connectivity index (χ1n) is 9.44. The third kappa shape index (κ3) is 4.91. The summed E-state index contributed by atoms with van der Waals surface area (Å²) in [7, 11) is 0. The molecule has 4 rings (SSSR count). The maximum absolute atomic E-state index is 12.9. The number of hydrogen-bond acceptors (Lipinski definition) is 5. The van der Waals surface area contributed by atoms with Crippen molar-refractivity contribution in [2.75, 3.05) is 19.4 Å². The number of benzene rings is 2. The second-order valence-corrected chi connectivity index (χ2v) is 8.60. The number of carbonyl (C=O) groups excluding carboxylic acids is 1. The summed E-state index contributed by atoms with van der Waals surface area (Å²) in [5.41, 5.74) is 2.10. The molecule has 5 nitrogen and oxygen atoms in total. The number of ether oxygens (including phenoxy) is 1. The van der Waals surface area contributed by atoms with Gasteiger partial charge in [-0.25, -0.2) is 4.99 Å². The van der Waals surface area contributed by atoms with Crippen LogP contribution in [0.25, 0.3) is 11.0 Å². The monoisotopic (exact) mass is 472 g/mol. The van der Waals surface area contributed by atoms with Crippen molar-refractivity contribution in [3.8, 4) is 0 Å². The molecule has 0 radical (unpaired) electrons. The number of fused-ring (bicyclic) bond motifs is 1. The minimum atomic E-state index is -0.217. The molecule has 3 aromatic rings. The molecular weight excluding hydrogens is 452 g/mol. The van der Waals surface area contributed by atoms with Crippen molar-refractivity contribution in [2.24, 2.45) is 4.99 Å². The van der Waals surface area contributed by atoms with E-state index in [1.165, 1.54) is 0 Å². The normalized spacial score (nSPS) is 17.0. The third-order valence-corrected chi connectivity index (χ3v) is 6.01. The predicted molar refractivity (Wildman–Crippen MR) is 119 cm³/mol. The van der Waals surface area contributed by atoms with Crippen LogP contribution in [0.1, 0.15) is 23.2 Å². The summed E-state index contributed by atoms with van der Waals surface area (Å²) in [6.45, 7) is 1.24. The van der Waals surface area contributed by atoms with Gasteiger partial charge in [0.15, 0.2) is 0 Å². The molecule has 150 valence electrons. The van der Waals surface area contributed by atoms with E-state index in [0.29, 0.717) is 23.2 Å². The number of carbonyl (C=O) groups is 1. The lowest BCUT2D eigenvalue weighted by Crippen LogP contribution is -2.34. The van der Waals surface area contributed by atoms with Gasteiger partial charge in [-0.15, -0.1) is 11.8 Å². The van der Waals surface area contributed by atoms with Crippen molar-refractivity contribution in [3.05, 3.63) is 64.1 Å². The number of thioether (sulfide) groups is 1. The molecule has 0 spiro atoms. The Balaban J connectivity index is 1.73. The summed E-state index contributed by atoms with van der Waals surface area (Å²) < 4.78 is 12.5. The lowest BCUT2D eigenvalue weighted by Gasteiger charge is -2.11. The third-order valence-electron chi connectivity index (χ3n) is 4.77. The molecule has 2 aromatic carbocycles. The Morgan fingerprint density at radius 1 is 1.24 bits per heavy atom. The molecule has 1 atom stereocenters. The Hall–Kier alpha value is -2.09. The highest BCUT2D eigenvalue weighted by atomic mass is 79.9. The first-order chi connectivity index (χ1) is 14.1. The number of nitrogens with one attached hydrogen (secondary N) is 1. The van der Waals surface area contributed by atoms with Crippen LogP contribution in [0.5, 0.6) is 0 Å². The van der Waals surface area contributed by atoms with E-state index in [2.05, 4.69) is 26.2 Å². The van der Waals surface area contributed by atoms with E-state index in [4.69, 9.17) is 9.15 Å². The smallest absolute Gasteiger partial charge is 0.256 e. The molecule has 0 bridgehead atoms. The van der Waals surface area contributed by atoms with Gasteiger partial charge in [-0.05, 0) is 67.6 Å². The fraction of sp³-hybridized carbons (Fsp3) is 0.273. The Morgan fingerprint density at radius 3 is 2.79 bits per heavy atom. The van der Waals surface area contributed by atoms with Crippen molar-refractivity contribution in [1.82, 2.24) is 5.32 Å². The zero-order valence-electron chi connectivity index (χ0n) is 16.0. The second-order valence-electron chi connectivity index (χ2n) is 6.80. The molecule has 0 saturated carbocycles. The molecule has 0 aliphatic carbocycles. The van der Waals surface area contributed by atoms with E-state index in [9.17, 15) is 4.79 Å². The van der Waals surface area contributed by atoms with Gasteiger partial charge in [0.1, 0.15) is 11.1 Å². The number of halogens is 1. The second kappa shape index (κ2) is 9.15. The van der Waals surface area contributed by atoms with E-state index in [-0.39, 0.29) is 12.0 Å². The van der Waals surface area contributed by atoms with Crippen LogP contribution < -0.4 is 10.9 Å². The molecule has 1 aliphatic rings. The summed E-state index contributed by atoms with van der Waals surface area (Å²) in [6, 6.07) is 15.3. The summed E-state index contributed by atoms with van der Waals surface area (Å²) in [6.07, 6.45) is 4.10.